The molecule has 1 heterocycles. The quantitative estimate of drug-likeness (QED) is 0.440. The Bertz CT molecular complexity index is 674. The topological polar surface area (TPSA) is 46.1 Å². The van der Waals surface area contributed by atoms with Crippen molar-refractivity contribution < 1.29 is 14.5 Å². The van der Waals surface area contributed by atoms with E-state index in [2.05, 4.69) is 35.5 Å². The Morgan fingerprint density at radius 3 is 2.23 bits per heavy atom. The molecule has 2 rings (SSSR count). The fourth-order valence-electron chi connectivity index (χ4n) is 3.39. The third-order valence-corrected chi connectivity index (χ3v) is 5.02. The number of imidazole rings is 1. The van der Waals surface area contributed by atoms with E-state index < -0.39 is 5.97 Å². The summed E-state index contributed by atoms with van der Waals surface area (Å²) in [5, 5.41) is 9.01. The average molecular weight is 358 g/mol. The van der Waals surface area contributed by atoms with Crippen molar-refractivity contribution in [3.05, 3.63) is 53.6 Å². The number of aromatic nitrogens is 2. The van der Waals surface area contributed by atoms with Crippen LogP contribution in [0.2, 0.25) is 0 Å². The van der Waals surface area contributed by atoms with Crippen LogP contribution in [0.25, 0.3) is 0 Å². The van der Waals surface area contributed by atoms with Crippen LogP contribution in [0.5, 0.6) is 0 Å². The van der Waals surface area contributed by atoms with E-state index in [1.807, 2.05) is 12.1 Å². The van der Waals surface area contributed by atoms with Crippen LogP contribution in [0.15, 0.2) is 36.7 Å². The van der Waals surface area contributed by atoms with E-state index in [0.29, 0.717) is 5.56 Å². The Balaban J connectivity index is 1.81. The van der Waals surface area contributed by atoms with Crippen LogP contribution in [-0.4, -0.2) is 15.6 Å². The second-order valence-corrected chi connectivity index (χ2v) is 7.18. The molecular formula is C22H33N2O2+. The number of carboxylic acids is 1. The summed E-state index contributed by atoms with van der Waals surface area (Å²) in [6.07, 6.45) is 16.0. The summed E-state index contributed by atoms with van der Waals surface area (Å²) >= 11 is 0. The monoisotopic (exact) mass is 357 g/mol. The number of carboxylic acid groups (broad SMARTS) is 1. The van der Waals surface area contributed by atoms with E-state index in [1.54, 1.807) is 12.1 Å². The molecule has 26 heavy (non-hydrogen) atoms. The number of benzene rings is 1. The lowest BCUT2D eigenvalue weighted by molar-refractivity contribution is -0.678. The third-order valence-electron chi connectivity index (χ3n) is 5.02. The molecule has 1 aromatic heterocycles. The first-order chi connectivity index (χ1) is 12.6. The molecule has 0 fully saturated rings. The highest BCUT2D eigenvalue weighted by molar-refractivity contribution is 5.87. The SMILES string of the molecule is CCCCCCCCCCc1n(Cc2ccc(C(=O)O)cc2)cc[n+]1C. The molecule has 0 radical (unpaired) electrons. The number of nitrogens with zero attached hydrogens (tertiary/aromatic N) is 2. The lowest BCUT2D eigenvalue weighted by atomic mass is 10.1. The van der Waals surface area contributed by atoms with E-state index in [0.717, 1.165) is 18.5 Å². The maximum atomic E-state index is 11.0. The summed E-state index contributed by atoms with van der Waals surface area (Å²) in [6.45, 7) is 3.04. The van der Waals surface area contributed by atoms with Crippen molar-refractivity contribution in [1.82, 2.24) is 4.57 Å². The largest absolute Gasteiger partial charge is 0.478 e. The normalized spacial score (nSPS) is 11.0. The van der Waals surface area contributed by atoms with Gasteiger partial charge in [0.15, 0.2) is 0 Å². The second kappa shape index (κ2) is 10.8. The predicted octanol–water partition coefficient (Wildman–Crippen LogP) is 4.74. The minimum atomic E-state index is -0.876. The molecule has 2 aromatic rings. The summed E-state index contributed by atoms with van der Waals surface area (Å²) in [4.78, 5) is 11.0. The lowest BCUT2D eigenvalue weighted by Crippen LogP contribution is -2.32. The van der Waals surface area contributed by atoms with Gasteiger partial charge in [-0.05, 0) is 24.1 Å². The number of aryl methyl sites for hydroxylation is 1. The van der Waals surface area contributed by atoms with Crippen molar-refractivity contribution >= 4 is 5.97 Å². The Labute approximate surface area is 157 Å². The highest BCUT2D eigenvalue weighted by Gasteiger charge is 2.14. The van der Waals surface area contributed by atoms with Gasteiger partial charge in [0.25, 0.3) is 5.82 Å². The Kier molecular flexibility index (Phi) is 8.39. The molecule has 142 valence electrons. The molecule has 0 aliphatic heterocycles. The molecule has 0 unspecified atom stereocenters. The Morgan fingerprint density at radius 2 is 1.62 bits per heavy atom. The van der Waals surface area contributed by atoms with Crippen molar-refractivity contribution in [2.75, 3.05) is 0 Å². The maximum Gasteiger partial charge on any atom is 0.335 e. The molecular weight excluding hydrogens is 324 g/mol. The summed E-state index contributed by atoms with van der Waals surface area (Å²) in [5.74, 6) is 0.456. The molecule has 0 atom stereocenters. The molecule has 0 amide bonds. The van der Waals surface area contributed by atoms with Gasteiger partial charge in [0.05, 0.1) is 12.6 Å². The van der Waals surface area contributed by atoms with E-state index >= 15 is 0 Å². The summed E-state index contributed by atoms with van der Waals surface area (Å²) in [6, 6.07) is 7.17. The first kappa shape index (κ1) is 20.2. The number of hydrogen-bond donors (Lipinski definition) is 1. The number of rotatable bonds is 12. The molecule has 0 saturated heterocycles. The Hall–Kier alpha value is -2.10. The first-order valence-corrected chi connectivity index (χ1v) is 9.97. The fourth-order valence-corrected chi connectivity index (χ4v) is 3.39. The maximum absolute atomic E-state index is 11.0. The number of aromatic carboxylic acids is 1. The molecule has 0 spiro atoms. The van der Waals surface area contributed by atoms with Crippen LogP contribution >= 0.6 is 0 Å². The predicted molar refractivity (Wildman–Crippen MR) is 104 cm³/mol. The summed E-state index contributed by atoms with van der Waals surface area (Å²) in [7, 11) is 2.10. The van der Waals surface area contributed by atoms with Crippen molar-refractivity contribution in [1.29, 1.82) is 0 Å². The van der Waals surface area contributed by atoms with Crippen molar-refractivity contribution in [3.63, 3.8) is 0 Å². The number of carbonyl (C=O) groups is 1. The van der Waals surface area contributed by atoms with Gasteiger partial charge in [-0.1, -0.05) is 64.0 Å². The lowest BCUT2D eigenvalue weighted by Gasteiger charge is -2.05. The molecule has 4 nitrogen and oxygen atoms in total. The van der Waals surface area contributed by atoms with Gasteiger partial charge in [-0.15, -0.1) is 0 Å². The highest BCUT2D eigenvalue weighted by Crippen LogP contribution is 2.12. The zero-order valence-corrected chi connectivity index (χ0v) is 16.3. The van der Waals surface area contributed by atoms with E-state index in [4.69, 9.17) is 5.11 Å². The van der Waals surface area contributed by atoms with Crippen molar-refractivity contribution in [3.8, 4) is 0 Å². The van der Waals surface area contributed by atoms with Gasteiger partial charge in [0.2, 0.25) is 0 Å². The Morgan fingerprint density at radius 1 is 1.00 bits per heavy atom. The van der Waals surface area contributed by atoms with Gasteiger partial charge in [-0.25, -0.2) is 13.9 Å². The van der Waals surface area contributed by atoms with E-state index in [1.165, 1.54) is 57.2 Å². The molecule has 1 aromatic carbocycles. The molecule has 0 saturated carbocycles. The van der Waals surface area contributed by atoms with Crippen LogP contribution in [0, 0.1) is 0 Å². The summed E-state index contributed by atoms with van der Waals surface area (Å²) < 4.78 is 4.48. The average Bonchev–Trinajstić information content (AvgIpc) is 2.97. The van der Waals surface area contributed by atoms with Gasteiger partial charge in [0.1, 0.15) is 18.9 Å². The molecule has 0 aliphatic carbocycles. The van der Waals surface area contributed by atoms with Crippen molar-refractivity contribution in [2.24, 2.45) is 7.05 Å². The summed E-state index contributed by atoms with van der Waals surface area (Å²) in [5.41, 5.74) is 1.47. The van der Waals surface area contributed by atoms with Crippen LogP contribution in [0.1, 0.15) is 80.0 Å². The van der Waals surface area contributed by atoms with Crippen LogP contribution < -0.4 is 4.57 Å². The second-order valence-electron chi connectivity index (χ2n) is 7.18. The standard InChI is InChI=1S/C22H32N2O2/c1-3-4-5-6-7-8-9-10-11-21-23(2)16-17-24(21)18-19-12-14-20(15-13-19)22(25)26/h12-17H,3-11,18H2,1-2H3/p+1. The molecule has 4 heteroatoms. The fraction of sp³-hybridized carbons (Fsp3) is 0.545. The van der Waals surface area contributed by atoms with Gasteiger partial charge < -0.3 is 5.11 Å². The smallest absolute Gasteiger partial charge is 0.335 e. The molecule has 0 aliphatic rings. The minimum absolute atomic E-state index is 0.339. The molecule has 1 N–H and O–H groups in total. The minimum Gasteiger partial charge on any atom is -0.478 e. The van der Waals surface area contributed by atoms with Crippen molar-refractivity contribution in [2.45, 2.75) is 71.3 Å². The third kappa shape index (κ3) is 6.32. The van der Waals surface area contributed by atoms with Gasteiger partial charge in [0, 0.05) is 6.42 Å². The van der Waals surface area contributed by atoms with Crippen LogP contribution in [-0.2, 0) is 20.0 Å². The molecule has 0 bridgehead atoms. The van der Waals surface area contributed by atoms with Gasteiger partial charge >= 0.3 is 5.97 Å². The van der Waals surface area contributed by atoms with Gasteiger partial charge in [-0.2, -0.15) is 0 Å². The zero-order chi connectivity index (χ0) is 18.8. The zero-order valence-electron chi connectivity index (χ0n) is 16.3. The van der Waals surface area contributed by atoms with E-state index in [9.17, 15) is 4.79 Å². The van der Waals surface area contributed by atoms with Gasteiger partial charge in [-0.3, -0.25) is 0 Å². The highest BCUT2D eigenvalue weighted by atomic mass is 16.4. The van der Waals surface area contributed by atoms with Crippen LogP contribution in [0.4, 0.5) is 0 Å². The number of hydrogen-bond acceptors (Lipinski definition) is 1. The van der Waals surface area contributed by atoms with E-state index in [-0.39, 0.29) is 0 Å². The first-order valence-electron chi connectivity index (χ1n) is 9.97. The van der Waals surface area contributed by atoms with Crippen LogP contribution in [0.3, 0.4) is 0 Å². The number of unbranched alkanes of at least 4 members (excludes halogenated alkanes) is 7.